The summed E-state index contributed by atoms with van der Waals surface area (Å²) in [6, 6.07) is 0. The predicted molar refractivity (Wildman–Crippen MR) is 98.2 cm³/mol. The molecule has 24 heavy (non-hydrogen) atoms. The van der Waals surface area contributed by atoms with Crippen LogP contribution in [0.25, 0.3) is 0 Å². The number of likely N-dealkylation sites (N-methyl/N-ethyl adjacent to an activating group) is 1. The molecule has 4 nitrogen and oxygen atoms in total. The molecule has 3 unspecified atom stereocenters. The Morgan fingerprint density at radius 1 is 1.21 bits per heavy atom. The zero-order valence-electron chi connectivity index (χ0n) is 15.2. The highest BCUT2D eigenvalue weighted by molar-refractivity contribution is 6.12. The lowest BCUT2D eigenvalue weighted by atomic mass is 9.96. The molecule has 0 aromatic heterocycles. The molecule has 1 heterocycles. The van der Waals surface area contributed by atoms with Crippen LogP contribution in [0.5, 0.6) is 0 Å². The molecular formula is C20H29NO3. The maximum absolute atomic E-state index is 10.4. The summed E-state index contributed by atoms with van der Waals surface area (Å²) in [7, 11) is 1.45. The third-order valence-electron chi connectivity index (χ3n) is 3.84. The highest BCUT2D eigenvalue weighted by Crippen LogP contribution is 2.42. The molecule has 2 amide bonds. The maximum Gasteiger partial charge on any atom is 0.253 e. The molecule has 4 heteroatoms. The van der Waals surface area contributed by atoms with Gasteiger partial charge in [0.15, 0.2) is 0 Å². The Morgan fingerprint density at radius 2 is 1.67 bits per heavy atom. The third kappa shape index (κ3) is 7.86. The highest BCUT2D eigenvalue weighted by Gasteiger charge is 2.32. The third-order valence-corrected chi connectivity index (χ3v) is 3.84. The van der Waals surface area contributed by atoms with Crippen molar-refractivity contribution in [3.63, 3.8) is 0 Å². The van der Waals surface area contributed by atoms with Gasteiger partial charge in [0.25, 0.3) is 11.8 Å². The van der Waals surface area contributed by atoms with Crippen LogP contribution in [0.15, 0.2) is 49.1 Å². The van der Waals surface area contributed by atoms with Crippen LogP contribution in [-0.4, -0.2) is 30.0 Å². The van der Waals surface area contributed by atoms with Gasteiger partial charge in [0.2, 0.25) is 0 Å². The van der Waals surface area contributed by atoms with Gasteiger partial charge in [0.05, 0.1) is 0 Å². The van der Waals surface area contributed by atoms with Crippen LogP contribution in [0.1, 0.15) is 33.6 Å². The van der Waals surface area contributed by atoms with Crippen molar-refractivity contribution in [2.24, 2.45) is 17.8 Å². The van der Waals surface area contributed by atoms with Gasteiger partial charge in [-0.2, -0.15) is 0 Å². The Labute approximate surface area is 145 Å². The van der Waals surface area contributed by atoms with E-state index in [4.69, 9.17) is 0 Å². The SMILES string of the molecule is C=C(C)C=O.C=CC.CC1CC2C=CC1C2.CN1C(=O)C=CC1=O. The fraction of sp³-hybridized carbons (Fsp3) is 0.450. The first-order chi connectivity index (χ1) is 11.3. The number of allylic oxidation sites excluding steroid dienone is 4. The standard InChI is InChI=1S/C8H12.C5H5NO2.C4H6O.C3H6/c1-6-4-7-2-3-8(6)5-7;1-6-4(7)2-3-5(6)8;1-4(2)3-5;1-3-2/h2-3,6-8H,4-5H2,1H3;2-3H,1H3;3H,1H2,2H3;3H,1H2,2H3. The lowest BCUT2D eigenvalue weighted by molar-refractivity contribution is -0.135. The molecule has 1 fully saturated rings. The van der Waals surface area contributed by atoms with Crippen molar-refractivity contribution in [2.45, 2.75) is 33.6 Å². The average Bonchev–Trinajstić information content (AvgIpc) is 3.22. The second kappa shape index (κ2) is 11.3. The molecule has 0 spiro atoms. The van der Waals surface area contributed by atoms with E-state index >= 15 is 0 Å². The number of imide groups is 1. The summed E-state index contributed by atoms with van der Waals surface area (Å²) in [5.41, 5.74) is 0.574. The molecule has 0 N–H and O–H groups in total. The van der Waals surface area contributed by atoms with Gasteiger partial charge in [-0.15, -0.1) is 6.58 Å². The topological polar surface area (TPSA) is 54.5 Å². The molecule has 2 bridgehead atoms. The van der Waals surface area contributed by atoms with Crippen LogP contribution in [0, 0.1) is 17.8 Å². The lowest BCUT2D eigenvalue weighted by Crippen LogP contribution is -2.24. The van der Waals surface area contributed by atoms with Crippen molar-refractivity contribution in [2.75, 3.05) is 7.05 Å². The molecule has 1 saturated carbocycles. The monoisotopic (exact) mass is 331 g/mol. The quantitative estimate of drug-likeness (QED) is 0.318. The number of aldehydes is 1. The van der Waals surface area contributed by atoms with Crippen molar-refractivity contribution >= 4 is 18.1 Å². The van der Waals surface area contributed by atoms with Gasteiger partial charge >= 0.3 is 0 Å². The smallest absolute Gasteiger partial charge is 0.253 e. The number of hydrogen-bond donors (Lipinski definition) is 0. The summed E-state index contributed by atoms with van der Waals surface area (Å²) in [6.07, 6.45) is 12.7. The van der Waals surface area contributed by atoms with E-state index in [0.717, 1.165) is 28.9 Å². The predicted octanol–water partition coefficient (Wildman–Crippen LogP) is 3.71. The minimum atomic E-state index is -0.241. The Balaban J connectivity index is 0.000000315. The minimum absolute atomic E-state index is 0.241. The van der Waals surface area contributed by atoms with Crippen molar-refractivity contribution in [1.29, 1.82) is 0 Å². The molecule has 0 aromatic rings. The maximum atomic E-state index is 10.4. The van der Waals surface area contributed by atoms with Gasteiger partial charge in [0.1, 0.15) is 6.29 Å². The van der Waals surface area contributed by atoms with Gasteiger partial charge in [-0.25, -0.2) is 0 Å². The second-order valence-corrected chi connectivity index (χ2v) is 6.20. The second-order valence-electron chi connectivity index (χ2n) is 6.20. The number of amides is 2. The molecule has 2 aliphatic carbocycles. The summed E-state index contributed by atoms with van der Waals surface area (Å²) in [5.74, 6) is 2.44. The molecule has 3 atom stereocenters. The Kier molecular flexibility index (Phi) is 10.3. The summed E-state index contributed by atoms with van der Waals surface area (Å²) >= 11 is 0. The average molecular weight is 331 g/mol. The van der Waals surface area contributed by atoms with Crippen LogP contribution in [0.3, 0.4) is 0 Å². The highest BCUT2D eigenvalue weighted by atomic mass is 16.2. The number of hydrogen-bond acceptors (Lipinski definition) is 3. The Bertz CT molecular complexity index is 513. The van der Waals surface area contributed by atoms with Crippen LogP contribution in [0.2, 0.25) is 0 Å². The van der Waals surface area contributed by atoms with E-state index in [1.54, 1.807) is 13.0 Å². The summed E-state index contributed by atoms with van der Waals surface area (Å²) in [6.45, 7) is 12.6. The van der Waals surface area contributed by atoms with Crippen LogP contribution in [-0.2, 0) is 14.4 Å². The van der Waals surface area contributed by atoms with E-state index in [0.29, 0.717) is 5.57 Å². The van der Waals surface area contributed by atoms with E-state index in [2.05, 4.69) is 32.2 Å². The van der Waals surface area contributed by atoms with Gasteiger partial charge in [-0.05, 0) is 50.0 Å². The van der Waals surface area contributed by atoms with E-state index in [-0.39, 0.29) is 11.8 Å². The van der Waals surface area contributed by atoms with E-state index in [9.17, 15) is 14.4 Å². The van der Waals surface area contributed by atoms with Crippen LogP contribution < -0.4 is 0 Å². The molecule has 3 rings (SSSR count). The molecule has 1 aliphatic heterocycles. The molecule has 132 valence electrons. The number of rotatable bonds is 1. The number of carbonyl (C=O) groups is 3. The number of fused-ring (bicyclic) bond motifs is 2. The Hall–Kier alpha value is -2.23. The van der Waals surface area contributed by atoms with Gasteiger partial charge in [0, 0.05) is 19.2 Å². The summed E-state index contributed by atoms with van der Waals surface area (Å²) in [4.78, 5) is 31.3. The zero-order valence-corrected chi connectivity index (χ0v) is 15.2. The molecule has 3 aliphatic rings. The first-order valence-electron chi connectivity index (χ1n) is 8.12. The van der Waals surface area contributed by atoms with Crippen LogP contribution >= 0.6 is 0 Å². The van der Waals surface area contributed by atoms with Crippen molar-refractivity contribution in [1.82, 2.24) is 4.90 Å². The molecule has 0 saturated heterocycles. The first-order valence-corrected chi connectivity index (χ1v) is 8.12. The van der Waals surface area contributed by atoms with Crippen molar-refractivity contribution in [3.05, 3.63) is 49.1 Å². The summed E-state index contributed by atoms with van der Waals surface area (Å²) < 4.78 is 0. The Morgan fingerprint density at radius 3 is 1.79 bits per heavy atom. The van der Waals surface area contributed by atoms with Gasteiger partial charge in [-0.1, -0.05) is 31.7 Å². The van der Waals surface area contributed by atoms with Crippen molar-refractivity contribution < 1.29 is 14.4 Å². The first kappa shape index (κ1) is 21.8. The van der Waals surface area contributed by atoms with E-state index in [1.807, 2.05) is 6.92 Å². The number of carbonyl (C=O) groups excluding carboxylic acids is 3. The zero-order chi connectivity index (χ0) is 18.7. The minimum Gasteiger partial charge on any atom is -0.298 e. The normalized spacial score (nSPS) is 25.0. The summed E-state index contributed by atoms with van der Waals surface area (Å²) in [5, 5.41) is 0. The lowest BCUT2D eigenvalue weighted by Gasteiger charge is -2.09. The molecule has 0 aromatic carbocycles. The van der Waals surface area contributed by atoms with Crippen LogP contribution in [0.4, 0.5) is 0 Å². The van der Waals surface area contributed by atoms with Gasteiger partial charge in [-0.3, -0.25) is 19.3 Å². The largest absolute Gasteiger partial charge is 0.298 e. The van der Waals surface area contributed by atoms with Gasteiger partial charge < -0.3 is 0 Å². The fourth-order valence-corrected chi connectivity index (χ4v) is 2.53. The van der Waals surface area contributed by atoms with Crippen molar-refractivity contribution in [3.8, 4) is 0 Å². The number of nitrogens with zero attached hydrogens (tertiary/aromatic N) is 1. The molecule has 0 radical (unpaired) electrons. The van der Waals surface area contributed by atoms with E-state index < -0.39 is 0 Å². The fourth-order valence-electron chi connectivity index (χ4n) is 2.53. The molecular weight excluding hydrogens is 302 g/mol. The van der Waals surface area contributed by atoms with E-state index in [1.165, 1.54) is 32.0 Å².